The van der Waals surface area contributed by atoms with Crippen LogP contribution in [-0.4, -0.2) is 16.1 Å². The van der Waals surface area contributed by atoms with Gasteiger partial charge < -0.3 is 10.1 Å². The molecule has 0 saturated heterocycles. The molecule has 0 amide bonds. The molecule has 0 fully saturated rings. The van der Waals surface area contributed by atoms with Crippen molar-refractivity contribution in [2.24, 2.45) is 0 Å². The Bertz CT molecular complexity index is 693. The molecule has 0 aliphatic heterocycles. The van der Waals surface area contributed by atoms with E-state index in [1.54, 1.807) is 0 Å². The molecular formula is C10H4F3NO3. The van der Waals surface area contributed by atoms with Crippen LogP contribution in [0.3, 0.4) is 0 Å². The second-order valence-electron chi connectivity index (χ2n) is 3.23. The Morgan fingerprint density at radius 1 is 1.18 bits per heavy atom. The third-order valence-corrected chi connectivity index (χ3v) is 2.21. The van der Waals surface area contributed by atoms with Crippen LogP contribution in [0.2, 0.25) is 0 Å². The van der Waals surface area contributed by atoms with Crippen LogP contribution in [0.5, 0.6) is 0 Å². The third-order valence-electron chi connectivity index (χ3n) is 2.21. The molecule has 0 radical (unpaired) electrons. The molecule has 0 aliphatic carbocycles. The van der Waals surface area contributed by atoms with Crippen LogP contribution < -0.4 is 5.43 Å². The fourth-order valence-corrected chi connectivity index (χ4v) is 1.44. The van der Waals surface area contributed by atoms with E-state index in [0.717, 1.165) is 6.07 Å². The van der Waals surface area contributed by atoms with Gasteiger partial charge in [-0.3, -0.25) is 4.79 Å². The van der Waals surface area contributed by atoms with E-state index in [1.807, 2.05) is 4.98 Å². The van der Waals surface area contributed by atoms with E-state index < -0.39 is 39.9 Å². The number of carbonyl (C=O) groups is 1. The van der Waals surface area contributed by atoms with Crippen LogP contribution in [-0.2, 0) is 0 Å². The Labute approximate surface area is 91.3 Å². The Kier molecular flexibility index (Phi) is 2.38. The molecule has 0 spiro atoms. The first kappa shape index (κ1) is 11.2. The number of rotatable bonds is 1. The minimum Gasteiger partial charge on any atom is -0.476 e. The molecule has 2 N–H and O–H groups in total. The van der Waals surface area contributed by atoms with Gasteiger partial charge in [0.15, 0.2) is 17.3 Å². The van der Waals surface area contributed by atoms with Crippen LogP contribution in [0.15, 0.2) is 16.9 Å². The number of pyridine rings is 1. The van der Waals surface area contributed by atoms with Crippen LogP contribution in [0.4, 0.5) is 13.2 Å². The number of benzene rings is 1. The van der Waals surface area contributed by atoms with Gasteiger partial charge in [0, 0.05) is 0 Å². The van der Waals surface area contributed by atoms with Crippen molar-refractivity contribution in [3.05, 3.63) is 45.5 Å². The number of halogens is 3. The molecule has 0 aliphatic rings. The number of fused-ring (bicyclic) bond motifs is 1. The topological polar surface area (TPSA) is 70.2 Å². The van der Waals surface area contributed by atoms with Crippen LogP contribution in [0.1, 0.15) is 10.5 Å². The van der Waals surface area contributed by atoms with Gasteiger partial charge in [-0.05, 0) is 12.1 Å². The summed E-state index contributed by atoms with van der Waals surface area (Å²) in [6.07, 6.45) is 0. The predicted octanol–water partition coefficient (Wildman–Crippen LogP) is 1.64. The van der Waals surface area contributed by atoms with Crippen molar-refractivity contribution in [3.63, 3.8) is 0 Å². The molecule has 17 heavy (non-hydrogen) atoms. The molecule has 0 atom stereocenters. The van der Waals surface area contributed by atoms with Gasteiger partial charge in [-0.15, -0.1) is 0 Å². The number of nitrogens with one attached hydrogen (secondary N) is 1. The Balaban J connectivity index is 3.02. The van der Waals surface area contributed by atoms with Gasteiger partial charge in [0.05, 0.1) is 10.9 Å². The molecule has 0 saturated carbocycles. The second-order valence-corrected chi connectivity index (χ2v) is 3.23. The zero-order valence-electron chi connectivity index (χ0n) is 8.05. The molecule has 1 aromatic carbocycles. The first-order valence-corrected chi connectivity index (χ1v) is 4.36. The summed E-state index contributed by atoms with van der Waals surface area (Å²) in [6.45, 7) is 0. The maximum absolute atomic E-state index is 13.3. The Hall–Kier alpha value is -2.31. The molecule has 7 heteroatoms. The van der Waals surface area contributed by atoms with Crippen LogP contribution >= 0.6 is 0 Å². The lowest BCUT2D eigenvalue weighted by Crippen LogP contribution is -2.18. The zero-order chi connectivity index (χ0) is 12.7. The van der Waals surface area contributed by atoms with Crippen molar-refractivity contribution in [1.82, 2.24) is 4.98 Å². The van der Waals surface area contributed by atoms with Gasteiger partial charge in [-0.2, -0.15) is 0 Å². The van der Waals surface area contributed by atoms with Crippen LogP contribution in [0, 0.1) is 17.5 Å². The van der Waals surface area contributed by atoms with E-state index >= 15 is 0 Å². The summed E-state index contributed by atoms with van der Waals surface area (Å²) in [5.41, 5.74) is -2.77. The first-order valence-electron chi connectivity index (χ1n) is 4.36. The summed E-state index contributed by atoms with van der Waals surface area (Å²) in [5.74, 6) is -6.19. The zero-order valence-corrected chi connectivity index (χ0v) is 8.05. The van der Waals surface area contributed by atoms with E-state index in [0.29, 0.717) is 6.07 Å². The lowest BCUT2D eigenvalue weighted by molar-refractivity contribution is 0.0685. The van der Waals surface area contributed by atoms with E-state index in [-0.39, 0.29) is 5.52 Å². The molecule has 2 rings (SSSR count). The fraction of sp³-hybridized carbons (Fsp3) is 0. The van der Waals surface area contributed by atoms with Gasteiger partial charge in [0.25, 0.3) is 0 Å². The minimum atomic E-state index is -1.70. The van der Waals surface area contributed by atoms with Crippen molar-refractivity contribution in [3.8, 4) is 0 Å². The van der Waals surface area contributed by atoms with E-state index in [1.165, 1.54) is 0 Å². The number of aromatic amines is 1. The highest BCUT2D eigenvalue weighted by atomic mass is 19.2. The highest BCUT2D eigenvalue weighted by molar-refractivity contribution is 5.90. The fourth-order valence-electron chi connectivity index (χ4n) is 1.44. The number of aromatic nitrogens is 1. The molecule has 4 nitrogen and oxygen atoms in total. The maximum atomic E-state index is 13.3. The first-order chi connectivity index (χ1) is 7.93. The largest absolute Gasteiger partial charge is 0.476 e. The summed E-state index contributed by atoms with van der Waals surface area (Å²) in [4.78, 5) is 24.0. The average Bonchev–Trinajstić information content (AvgIpc) is 2.27. The lowest BCUT2D eigenvalue weighted by atomic mass is 10.1. The van der Waals surface area contributed by atoms with Gasteiger partial charge in [-0.1, -0.05) is 0 Å². The Morgan fingerprint density at radius 3 is 2.41 bits per heavy atom. The number of carboxylic acids is 1. The number of aromatic carboxylic acids is 1. The molecule has 88 valence electrons. The average molecular weight is 243 g/mol. The second kappa shape index (κ2) is 3.62. The summed E-state index contributed by atoms with van der Waals surface area (Å²) in [6, 6.07) is 1.66. The normalized spacial score (nSPS) is 10.8. The van der Waals surface area contributed by atoms with Crippen LogP contribution in [0.25, 0.3) is 10.9 Å². The van der Waals surface area contributed by atoms with Crippen molar-refractivity contribution < 1.29 is 23.1 Å². The smallest absolute Gasteiger partial charge is 0.355 e. The third kappa shape index (κ3) is 1.55. The molecule has 1 heterocycles. The van der Waals surface area contributed by atoms with Gasteiger partial charge in [-0.25, -0.2) is 18.0 Å². The van der Waals surface area contributed by atoms with Gasteiger partial charge in [0.2, 0.25) is 11.2 Å². The number of carboxylic acid groups (broad SMARTS) is 1. The maximum Gasteiger partial charge on any atom is 0.355 e. The molecule has 2 aromatic rings. The minimum absolute atomic E-state index is 0.285. The molecular weight excluding hydrogens is 239 g/mol. The summed E-state index contributed by atoms with van der Waals surface area (Å²) in [5, 5.41) is 7.76. The monoisotopic (exact) mass is 243 g/mol. The summed E-state index contributed by atoms with van der Waals surface area (Å²) in [7, 11) is 0. The quantitative estimate of drug-likeness (QED) is 0.799. The predicted molar refractivity (Wildman–Crippen MR) is 51.4 cm³/mol. The molecule has 1 aromatic heterocycles. The summed E-state index contributed by atoms with van der Waals surface area (Å²) < 4.78 is 39.4. The van der Waals surface area contributed by atoms with Crippen molar-refractivity contribution >= 4 is 16.9 Å². The highest BCUT2D eigenvalue weighted by Crippen LogP contribution is 2.17. The van der Waals surface area contributed by atoms with Gasteiger partial charge >= 0.3 is 5.97 Å². The number of hydrogen-bond donors (Lipinski definition) is 2. The van der Waals surface area contributed by atoms with E-state index in [2.05, 4.69) is 0 Å². The molecule has 0 unspecified atom stereocenters. The van der Waals surface area contributed by atoms with Gasteiger partial charge in [0.1, 0.15) is 0 Å². The molecule has 0 bridgehead atoms. The van der Waals surface area contributed by atoms with Crippen molar-refractivity contribution in [2.45, 2.75) is 0 Å². The SMILES string of the molecule is O=C(O)c1[nH]c2ccc(F)c(F)c2c(=O)c1F. The highest BCUT2D eigenvalue weighted by Gasteiger charge is 2.20. The van der Waals surface area contributed by atoms with Crippen molar-refractivity contribution in [1.29, 1.82) is 0 Å². The summed E-state index contributed by atoms with van der Waals surface area (Å²) >= 11 is 0. The van der Waals surface area contributed by atoms with E-state index in [9.17, 15) is 22.8 Å². The Morgan fingerprint density at radius 2 is 1.82 bits per heavy atom. The van der Waals surface area contributed by atoms with E-state index in [4.69, 9.17) is 5.11 Å². The number of H-pyrrole nitrogens is 1. The van der Waals surface area contributed by atoms with Crippen molar-refractivity contribution in [2.75, 3.05) is 0 Å². The number of hydrogen-bond acceptors (Lipinski definition) is 2. The standard InChI is InChI=1S/C10H4F3NO3/c11-3-1-2-4-5(6(3)12)9(15)7(13)8(14-4)10(16)17/h1-2H,(H,14,15)(H,16,17). The lowest BCUT2D eigenvalue weighted by Gasteiger charge is -2.03.